The van der Waals surface area contributed by atoms with Gasteiger partial charge in [0.2, 0.25) is 11.8 Å². The van der Waals surface area contributed by atoms with Crippen molar-refractivity contribution in [2.24, 2.45) is 5.92 Å². The average Bonchev–Trinajstić information content (AvgIpc) is 3.00. The third-order valence-corrected chi connectivity index (χ3v) is 6.37. The first-order valence-corrected chi connectivity index (χ1v) is 10.00. The molecule has 1 aromatic carbocycles. The molecule has 3 heterocycles. The second kappa shape index (κ2) is 7.39. The van der Waals surface area contributed by atoms with Gasteiger partial charge in [0.05, 0.1) is 0 Å². The summed E-state index contributed by atoms with van der Waals surface area (Å²) in [5, 5.41) is 3.63. The molecule has 3 fully saturated rings. The maximum atomic E-state index is 13.0. The number of rotatable bonds is 4. The molecule has 4 rings (SSSR count). The second-order valence-corrected chi connectivity index (χ2v) is 8.17. The van der Waals surface area contributed by atoms with E-state index in [1.165, 1.54) is 12.8 Å². The van der Waals surface area contributed by atoms with Gasteiger partial charge in [-0.3, -0.25) is 9.59 Å². The fraction of sp³-hybridized carbons (Fsp3) is 0.619. The molecule has 3 aliphatic rings. The minimum Gasteiger partial charge on any atom is -0.334 e. The van der Waals surface area contributed by atoms with E-state index in [9.17, 15) is 9.59 Å². The van der Waals surface area contributed by atoms with Crippen LogP contribution >= 0.6 is 0 Å². The Morgan fingerprint density at radius 2 is 1.85 bits per heavy atom. The van der Waals surface area contributed by atoms with Crippen molar-refractivity contribution >= 4 is 17.5 Å². The number of anilines is 1. The van der Waals surface area contributed by atoms with Crippen LogP contribution in [0.15, 0.2) is 30.3 Å². The molecule has 3 aliphatic heterocycles. The van der Waals surface area contributed by atoms with E-state index in [1.807, 2.05) is 42.3 Å². The van der Waals surface area contributed by atoms with E-state index in [2.05, 4.69) is 5.32 Å². The van der Waals surface area contributed by atoms with Crippen molar-refractivity contribution in [2.45, 2.75) is 63.1 Å². The van der Waals surface area contributed by atoms with E-state index in [4.69, 9.17) is 0 Å². The molecule has 2 amide bonds. The largest absolute Gasteiger partial charge is 0.334 e. The lowest BCUT2D eigenvalue weighted by Crippen LogP contribution is -2.53. The van der Waals surface area contributed by atoms with Gasteiger partial charge in [-0.1, -0.05) is 18.2 Å². The quantitative estimate of drug-likeness (QED) is 0.903. The summed E-state index contributed by atoms with van der Waals surface area (Å²) in [4.78, 5) is 29.4. The van der Waals surface area contributed by atoms with Crippen LogP contribution in [0.25, 0.3) is 0 Å². The van der Waals surface area contributed by atoms with Crippen LogP contribution in [0.2, 0.25) is 0 Å². The van der Waals surface area contributed by atoms with E-state index in [1.54, 1.807) is 4.90 Å². The predicted molar refractivity (Wildman–Crippen MR) is 102 cm³/mol. The van der Waals surface area contributed by atoms with Gasteiger partial charge in [-0.25, -0.2) is 0 Å². The Hall–Kier alpha value is -1.88. The SMILES string of the molecule is CN(C(=O)CC1CC2CCC(C1)N2)C1CCCN(c2ccccc2)C1=O. The summed E-state index contributed by atoms with van der Waals surface area (Å²) in [6.45, 7) is 0.735. The smallest absolute Gasteiger partial charge is 0.249 e. The number of nitrogens with zero attached hydrogens (tertiary/aromatic N) is 2. The van der Waals surface area contributed by atoms with Crippen molar-refractivity contribution in [2.75, 3.05) is 18.5 Å². The Balaban J connectivity index is 1.39. The van der Waals surface area contributed by atoms with E-state index >= 15 is 0 Å². The van der Waals surface area contributed by atoms with Crippen LogP contribution in [0.4, 0.5) is 5.69 Å². The van der Waals surface area contributed by atoms with Gasteiger partial charge in [0.1, 0.15) is 6.04 Å². The number of hydrogen-bond donors (Lipinski definition) is 1. The number of benzene rings is 1. The third kappa shape index (κ3) is 3.50. The van der Waals surface area contributed by atoms with E-state index in [0.717, 1.165) is 37.9 Å². The Morgan fingerprint density at radius 1 is 1.15 bits per heavy atom. The van der Waals surface area contributed by atoms with Crippen LogP contribution < -0.4 is 10.2 Å². The monoisotopic (exact) mass is 355 g/mol. The third-order valence-electron chi connectivity index (χ3n) is 6.37. The zero-order valence-electron chi connectivity index (χ0n) is 15.6. The molecule has 3 saturated heterocycles. The molecule has 3 atom stereocenters. The van der Waals surface area contributed by atoms with Crippen LogP contribution in [0, 0.1) is 5.92 Å². The minimum absolute atomic E-state index is 0.0590. The fourth-order valence-electron chi connectivity index (χ4n) is 4.99. The lowest BCUT2D eigenvalue weighted by atomic mass is 9.89. The van der Waals surface area contributed by atoms with Crippen molar-refractivity contribution in [3.8, 4) is 0 Å². The first-order valence-electron chi connectivity index (χ1n) is 10.00. The van der Waals surface area contributed by atoms with E-state index < -0.39 is 0 Å². The summed E-state index contributed by atoms with van der Waals surface area (Å²) in [6.07, 6.45) is 6.98. The van der Waals surface area contributed by atoms with Crippen LogP contribution in [-0.4, -0.2) is 48.4 Å². The highest BCUT2D eigenvalue weighted by Gasteiger charge is 2.37. The number of amides is 2. The number of hydrogen-bond acceptors (Lipinski definition) is 3. The summed E-state index contributed by atoms with van der Waals surface area (Å²) in [7, 11) is 1.81. The summed E-state index contributed by atoms with van der Waals surface area (Å²) < 4.78 is 0. The zero-order chi connectivity index (χ0) is 18.1. The summed E-state index contributed by atoms with van der Waals surface area (Å²) in [6, 6.07) is 10.7. The molecule has 5 nitrogen and oxygen atoms in total. The Kier molecular flexibility index (Phi) is 4.98. The number of nitrogens with one attached hydrogen (secondary N) is 1. The number of likely N-dealkylation sites (N-methyl/N-ethyl adjacent to an activating group) is 1. The van der Waals surface area contributed by atoms with Crippen LogP contribution in [0.5, 0.6) is 0 Å². The molecule has 140 valence electrons. The number of piperidine rings is 2. The first-order chi connectivity index (χ1) is 12.6. The number of fused-ring (bicyclic) bond motifs is 2. The number of carbonyl (C=O) groups is 2. The molecule has 0 aliphatic carbocycles. The highest BCUT2D eigenvalue weighted by atomic mass is 16.2. The normalized spacial score (nSPS) is 31.1. The maximum Gasteiger partial charge on any atom is 0.249 e. The molecular weight excluding hydrogens is 326 g/mol. The predicted octanol–water partition coefficient (Wildman–Crippen LogP) is 2.56. The van der Waals surface area contributed by atoms with Gasteiger partial charge in [0, 0.05) is 37.8 Å². The molecular formula is C21H29N3O2. The van der Waals surface area contributed by atoms with Crippen molar-refractivity contribution < 1.29 is 9.59 Å². The number of para-hydroxylation sites is 1. The van der Waals surface area contributed by atoms with Crippen LogP contribution in [0.1, 0.15) is 44.9 Å². The van der Waals surface area contributed by atoms with Gasteiger partial charge in [-0.15, -0.1) is 0 Å². The lowest BCUT2D eigenvalue weighted by molar-refractivity contribution is -0.139. The van der Waals surface area contributed by atoms with Gasteiger partial charge >= 0.3 is 0 Å². The standard InChI is InChI=1S/C21H29N3O2/c1-23(20(25)14-15-12-16-9-10-17(13-15)22-16)19-8-5-11-24(21(19)26)18-6-3-2-4-7-18/h2-4,6-7,15-17,19,22H,5,8-14H2,1H3. The Labute approximate surface area is 155 Å². The second-order valence-electron chi connectivity index (χ2n) is 8.17. The summed E-state index contributed by atoms with van der Waals surface area (Å²) >= 11 is 0. The molecule has 1 N–H and O–H groups in total. The maximum absolute atomic E-state index is 13.0. The Bertz CT molecular complexity index is 650. The van der Waals surface area contributed by atoms with E-state index in [-0.39, 0.29) is 17.9 Å². The average molecular weight is 355 g/mol. The van der Waals surface area contributed by atoms with E-state index in [0.29, 0.717) is 24.4 Å². The molecule has 0 aromatic heterocycles. The fourth-order valence-corrected chi connectivity index (χ4v) is 4.99. The highest BCUT2D eigenvalue weighted by Crippen LogP contribution is 2.33. The van der Waals surface area contributed by atoms with Gasteiger partial charge < -0.3 is 15.1 Å². The molecule has 0 radical (unpaired) electrons. The molecule has 26 heavy (non-hydrogen) atoms. The molecule has 5 heteroatoms. The topological polar surface area (TPSA) is 52.7 Å². The lowest BCUT2D eigenvalue weighted by Gasteiger charge is -2.37. The van der Waals surface area contributed by atoms with Crippen LogP contribution in [0.3, 0.4) is 0 Å². The number of carbonyl (C=O) groups excluding carboxylic acids is 2. The van der Waals surface area contributed by atoms with Crippen molar-refractivity contribution in [3.05, 3.63) is 30.3 Å². The van der Waals surface area contributed by atoms with Crippen molar-refractivity contribution in [3.63, 3.8) is 0 Å². The molecule has 2 bridgehead atoms. The first kappa shape index (κ1) is 17.5. The molecule has 3 unspecified atom stereocenters. The van der Waals surface area contributed by atoms with Crippen molar-refractivity contribution in [1.82, 2.24) is 10.2 Å². The van der Waals surface area contributed by atoms with Gasteiger partial charge in [-0.2, -0.15) is 0 Å². The van der Waals surface area contributed by atoms with Crippen molar-refractivity contribution in [1.29, 1.82) is 0 Å². The molecule has 1 aromatic rings. The Morgan fingerprint density at radius 3 is 2.54 bits per heavy atom. The van der Waals surface area contributed by atoms with Crippen LogP contribution in [-0.2, 0) is 9.59 Å². The highest BCUT2D eigenvalue weighted by molar-refractivity contribution is 5.99. The summed E-state index contributed by atoms with van der Waals surface area (Å²) in [5.41, 5.74) is 0.929. The molecule has 0 spiro atoms. The van der Waals surface area contributed by atoms with Gasteiger partial charge in [-0.05, 0) is 56.6 Å². The zero-order valence-corrected chi connectivity index (χ0v) is 15.6. The van der Waals surface area contributed by atoms with Gasteiger partial charge in [0.25, 0.3) is 0 Å². The molecule has 0 saturated carbocycles. The summed E-state index contributed by atoms with van der Waals surface area (Å²) in [5.74, 6) is 0.654. The minimum atomic E-state index is -0.324. The van der Waals surface area contributed by atoms with Gasteiger partial charge in [0.15, 0.2) is 0 Å².